The monoisotopic (exact) mass is 242 g/mol. The van der Waals surface area contributed by atoms with Crippen molar-refractivity contribution in [1.29, 1.82) is 0 Å². The van der Waals surface area contributed by atoms with E-state index >= 15 is 0 Å². The lowest BCUT2D eigenvalue weighted by molar-refractivity contribution is -0.0706. The van der Waals surface area contributed by atoms with Crippen LogP contribution in [0.1, 0.15) is 26.7 Å². The average Bonchev–Trinajstić information content (AvgIpc) is 2.37. The molecule has 0 saturated carbocycles. The number of nitrogens with one attached hydrogen (secondary N) is 1. The maximum atomic E-state index is 5.67. The minimum atomic E-state index is 0.515. The van der Waals surface area contributed by atoms with E-state index in [1.165, 1.54) is 6.42 Å². The minimum absolute atomic E-state index is 0.515. The zero-order valence-electron chi connectivity index (χ0n) is 11.2. The van der Waals surface area contributed by atoms with Crippen LogP contribution in [0.25, 0.3) is 0 Å². The molecule has 0 amide bonds. The summed E-state index contributed by atoms with van der Waals surface area (Å²) in [6.07, 6.45) is 2.33. The summed E-state index contributed by atoms with van der Waals surface area (Å²) < 4.78 is 11.2. The molecule has 17 heavy (non-hydrogen) atoms. The molecule has 100 valence electrons. The highest BCUT2D eigenvalue weighted by Crippen LogP contribution is 2.19. The van der Waals surface area contributed by atoms with Crippen LogP contribution in [0.4, 0.5) is 0 Å². The summed E-state index contributed by atoms with van der Waals surface area (Å²) >= 11 is 0. The van der Waals surface area contributed by atoms with Crippen LogP contribution >= 0.6 is 0 Å². The van der Waals surface area contributed by atoms with Crippen molar-refractivity contribution in [1.82, 2.24) is 10.2 Å². The van der Waals surface area contributed by atoms with Gasteiger partial charge in [0.05, 0.1) is 19.8 Å². The third kappa shape index (κ3) is 3.41. The van der Waals surface area contributed by atoms with Crippen LogP contribution in [0.15, 0.2) is 0 Å². The summed E-state index contributed by atoms with van der Waals surface area (Å²) in [4.78, 5) is 2.57. The van der Waals surface area contributed by atoms with Crippen LogP contribution in [-0.2, 0) is 9.47 Å². The highest BCUT2D eigenvalue weighted by molar-refractivity contribution is 4.90. The Morgan fingerprint density at radius 3 is 2.82 bits per heavy atom. The van der Waals surface area contributed by atoms with Crippen molar-refractivity contribution in [3.8, 4) is 0 Å². The molecular formula is C13H26N2O2. The highest BCUT2D eigenvalue weighted by Gasteiger charge is 2.34. The van der Waals surface area contributed by atoms with Gasteiger partial charge in [0, 0.05) is 31.3 Å². The fraction of sp³-hybridized carbons (Fsp3) is 1.00. The number of hydrogen-bond donors (Lipinski definition) is 1. The van der Waals surface area contributed by atoms with Crippen molar-refractivity contribution in [2.24, 2.45) is 0 Å². The van der Waals surface area contributed by atoms with Crippen molar-refractivity contribution >= 4 is 0 Å². The number of morpholine rings is 1. The lowest BCUT2D eigenvalue weighted by Crippen LogP contribution is -2.60. The van der Waals surface area contributed by atoms with Crippen LogP contribution in [0.2, 0.25) is 0 Å². The standard InChI is InChI=1S/C13H26N2O2/c1-3-5-14-12-4-7-16-10-13(12)15-6-8-17-9-11(15)2/h11-14H,3-10H2,1-2H3. The number of nitrogens with zero attached hydrogens (tertiary/aromatic N) is 1. The molecule has 0 aliphatic carbocycles. The molecule has 2 saturated heterocycles. The van der Waals surface area contributed by atoms with E-state index in [9.17, 15) is 0 Å². The van der Waals surface area contributed by atoms with Gasteiger partial charge >= 0.3 is 0 Å². The van der Waals surface area contributed by atoms with Crippen LogP contribution in [-0.4, -0.2) is 62.5 Å². The molecule has 0 aromatic rings. The maximum Gasteiger partial charge on any atom is 0.0637 e. The molecule has 0 bridgehead atoms. The molecule has 2 aliphatic heterocycles. The van der Waals surface area contributed by atoms with Crippen LogP contribution in [0.5, 0.6) is 0 Å². The summed E-state index contributed by atoms with van der Waals surface area (Å²) in [5, 5.41) is 3.68. The molecule has 4 heteroatoms. The second kappa shape index (κ2) is 6.69. The Bertz CT molecular complexity index is 225. The zero-order chi connectivity index (χ0) is 12.1. The summed E-state index contributed by atoms with van der Waals surface area (Å²) in [5.41, 5.74) is 0. The SMILES string of the molecule is CCCNC1CCOCC1N1CCOCC1C. The molecule has 0 aromatic carbocycles. The highest BCUT2D eigenvalue weighted by atomic mass is 16.5. The van der Waals surface area contributed by atoms with E-state index in [0.717, 1.165) is 45.9 Å². The van der Waals surface area contributed by atoms with Gasteiger partial charge in [-0.15, -0.1) is 0 Å². The van der Waals surface area contributed by atoms with E-state index in [0.29, 0.717) is 18.1 Å². The first kappa shape index (κ1) is 13.3. The van der Waals surface area contributed by atoms with E-state index in [1.54, 1.807) is 0 Å². The van der Waals surface area contributed by atoms with E-state index in [4.69, 9.17) is 9.47 Å². The van der Waals surface area contributed by atoms with Gasteiger partial charge in [-0.05, 0) is 26.3 Å². The third-order valence-corrected chi connectivity index (χ3v) is 3.83. The molecule has 2 fully saturated rings. The van der Waals surface area contributed by atoms with Crippen molar-refractivity contribution in [3.05, 3.63) is 0 Å². The smallest absolute Gasteiger partial charge is 0.0637 e. The Labute approximate surface area is 105 Å². The van der Waals surface area contributed by atoms with Gasteiger partial charge in [0.2, 0.25) is 0 Å². The molecule has 0 spiro atoms. The summed E-state index contributed by atoms with van der Waals surface area (Å²) in [6, 6.07) is 1.62. The van der Waals surface area contributed by atoms with Crippen molar-refractivity contribution < 1.29 is 9.47 Å². The van der Waals surface area contributed by atoms with Gasteiger partial charge in [-0.1, -0.05) is 6.92 Å². The predicted octanol–water partition coefficient (Wildman–Crippen LogP) is 0.864. The van der Waals surface area contributed by atoms with Crippen LogP contribution in [0, 0.1) is 0 Å². The second-order valence-corrected chi connectivity index (χ2v) is 5.15. The number of rotatable bonds is 4. The van der Waals surface area contributed by atoms with Gasteiger partial charge in [-0.3, -0.25) is 4.90 Å². The van der Waals surface area contributed by atoms with Crippen molar-refractivity contribution in [2.45, 2.75) is 44.8 Å². The van der Waals surface area contributed by atoms with Crippen molar-refractivity contribution in [3.63, 3.8) is 0 Å². The fourth-order valence-electron chi connectivity index (χ4n) is 2.85. The lowest BCUT2D eigenvalue weighted by atomic mass is 9.99. The topological polar surface area (TPSA) is 33.7 Å². The molecule has 3 atom stereocenters. The molecule has 1 N–H and O–H groups in total. The van der Waals surface area contributed by atoms with Gasteiger partial charge in [0.25, 0.3) is 0 Å². The number of ether oxygens (including phenoxy) is 2. The zero-order valence-corrected chi connectivity index (χ0v) is 11.2. The van der Waals surface area contributed by atoms with Gasteiger partial charge in [0.1, 0.15) is 0 Å². The van der Waals surface area contributed by atoms with Gasteiger partial charge in [-0.2, -0.15) is 0 Å². The number of hydrogen-bond acceptors (Lipinski definition) is 4. The molecule has 2 heterocycles. The fourth-order valence-corrected chi connectivity index (χ4v) is 2.85. The predicted molar refractivity (Wildman–Crippen MR) is 68.3 cm³/mol. The first-order valence-electron chi connectivity index (χ1n) is 6.97. The quantitative estimate of drug-likeness (QED) is 0.793. The molecule has 2 aliphatic rings. The first-order chi connectivity index (χ1) is 8.33. The van der Waals surface area contributed by atoms with Gasteiger partial charge in [-0.25, -0.2) is 0 Å². The molecule has 2 rings (SSSR count). The van der Waals surface area contributed by atoms with Crippen LogP contribution < -0.4 is 5.32 Å². The molecule has 0 aromatic heterocycles. The van der Waals surface area contributed by atoms with E-state index in [-0.39, 0.29) is 0 Å². The second-order valence-electron chi connectivity index (χ2n) is 5.15. The van der Waals surface area contributed by atoms with Crippen LogP contribution in [0.3, 0.4) is 0 Å². The van der Waals surface area contributed by atoms with E-state index < -0.39 is 0 Å². The minimum Gasteiger partial charge on any atom is -0.380 e. The summed E-state index contributed by atoms with van der Waals surface area (Å²) in [6.45, 7) is 10.1. The Kier molecular flexibility index (Phi) is 5.22. The Hall–Kier alpha value is -0.160. The van der Waals surface area contributed by atoms with Crippen molar-refractivity contribution in [2.75, 3.05) is 39.5 Å². The molecule has 0 radical (unpaired) electrons. The first-order valence-corrected chi connectivity index (χ1v) is 6.97. The Balaban J connectivity index is 1.94. The lowest BCUT2D eigenvalue weighted by Gasteiger charge is -2.45. The maximum absolute atomic E-state index is 5.67. The largest absolute Gasteiger partial charge is 0.380 e. The normalized spacial score (nSPS) is 36.0. The summed E-state index contributed by atoms with van der Waals surface area (Å²) in [5.74, 6) is 0. The Morgan fingerprint density at radius 2 is 2.06 bits per heavy atom. The molecule has 4 nitrogen and oxygen atoms in total. The third-order valence-electron chi connectivity index (χ3n) is 3.83. The van der Waals surface area contributed by atoms with E-state index in [1.807, 2.05) is 0 Å². The van der Waals surface area contributed by atoms with Gasteiger partial charge in [0.15, 0.2) is 0 Å². The van der Waals surface area contributed by atoms with E-state index in [2.05, 4.69) is 24.1 Å². The van der Waals surface area contributed by atoms with Gasteiger partial charge < -0.3 is 14.8 Å². The average molecular weight is 242 g/mol. The summed E-state index contributed by atoms with van der Waals surface area (Å²) in [7, 11) is 0. The molecule has 3 unspecified atom stereocenters. The molecular weight excluding hydrogens is 216 g/mol. The Morgan fingerprint density at radius 1 is 1.24 bits per heavy atom.